The first-order chi connectivity index (χ1) is 18.6. The highest BCUT2D eigenvalue weighted by Gasteiger charge is 2.07. The summed E-state index contributed by atoms with van der Waals surface area (Å²) in [5, 5.41) is 8.63. The first-order valence-electron chi connectivity index (χ1n) is 13.2. The van der Waals surface area contributed by atoms with Gasteiger partial charge in [-0.05, 0) is 93.8 Å². The summed E-state index contributed by atoms with van der Waals surface area (Å²) in [6.07, 6.45) is 10.0. The fourth-order valence-corrected chi connectivity index (χ4v) is 3.86. The van der Waals surface area contributed by atoms with Gasteiger partial charge >= 0.3 is 0 Å². The van der Waals surface area contributed by atoms with Gasteiger partial charge in [-0.25, -0.2) is 0 Å². The van der Waals surface area contributed by atoms with E-state index in [0.29, 0.717) is 26.4 Å². The van der Waals surface area contributed by atoms with Crippen LogP contribution in [0.1, 0.15) is 31.7 Å². The fourth-order valence-electron chi connectivity index (χ4n) is 3.86. The average molecular weight is 513 g/mol. The molecule has 0 fully saturated rings. The van der Waals surface area contributed by atoms with Crippen LogP contribution >= 0.6 is 0 Å². The summed E-state index contributed by atoms with van der Waals surface area (Å²) >= 11 is 0. The zero-order valence-electron chi connectivity index (χ0n) is 22.2. The second-order valence-corrected chi connectivity index (χ2v) is 9.19. The second-order valence-electron chi connectivity index (χ2n) is 9.19. The van der Waals surface area contributed by atoms with E-state index < -0.39 is 0 Å². The number of aryl methyl sites for hydroxylation is 1. The van der Waals surface area contributed by atoms with E-state index in [2.05, 4.69) is 42.3 Å². The highest BCUT2D eigenvalue weighted by Crippen LogP contribution is 2.23. The highest BCUT2D eigenvalue weighted by atomic mass is 16.5. The van der Waals surface area contributed by atoms with Gasteiger partial charge < -0.3 is 18.9 Å². The Kier molecular flexibility index (Phi) is 10.5. The summed E-state index contributed by atoms with van der Waals surface area (Å²) in [6, 6.07) is 23.0. The van der Waals surface area contributed by atoms with E-state index in [1.807, 2.05) is 72.8 Å². The summed E-state index contributed by atoms with van der Waals surface area (Å²) < 4.78 is 23.2. The molecular weight excluding hydrogens is 476 g/mol. The molecule has 1 aliphatic rings. The van der Waals surface area contributed by atoms with Gasteiger partial charge in [0.1, 0.15) is 37.1 Å². The maximum atomic E-state index is 5.97. The van der Waals surface area contributed by atoms with Crippen molar-refractivity contribution in [3.63, 3.8) is 0 Å². The lowest BCUT2D eigenvalue weighted by Gasteiger charge is -2.16. The van der Waals surface area contributed by atoms with Gasteiger partial charge in [-0.2, -0.15) is 10.2 Å². The highest BCUT2D eigenvalue weighted by molar-refractivity contribution is 5.44. The zero-order chi connectivity index (χ0) is 26.4. The van der Waals surface area contributed by atoms with Crippen LogP contribution in [0.5, 0.6) is 17.2 Å². The maximum absolute atomic E-state index is 5.97. The van der Waals surface area contributed by atoms with Gasteiger partial charge in [0.2, 0.25) is 0 Å². The molecule has 198 valence electrons. The number of allylic oxidation sites excluding steroid dienone is 3. The molecule has 3 aromatic carbocycles. The van der Waals surface area contributed by atoms with Crippen molar-refractivity contribution in [3.05, 3.63) is 102 Å². The van der Waals surface area contributed by atoms with Crippen LogP contribution in [0.2, 0.25) is 0 Å². The van der Waals surface area contributed by atoms with Gasteiger partial charge in [-0.3, -0.25) is 0 Å². The third-order valence-corrected chi connectivity index (χ3v) is 6.01. The molecule has 6 heteroatoms. The van der Waals surface area contributed by atoms with Crippen LogP contribution in [0.15, 0.2) is 107 Å². The Bertz CT molecular complexity index is 1200. The van der Waals surface area contributed by atoms with E-state index in [1.54, 1.807) is 0 Å². The Balaban J connectivity index is 1.14. The van der Waals surface area contributed by atoms with Crippen molar-refractivity contribution >= 4 is 11.4 Å². The Morgan fingerprint density at radius 3 is 1.71 bits per heavy atom. The molecule has 0 aromatic heterocycles. The number of ether oxygens (including phenoxy) is 4. The molecule has 0 bridgehead atoms. The molecule has 4 rings (SSSR count). The van der Waals surface area contributed by atoms with Gasteiger partial charge in [0.15, 0.2) is 0 Å². The molecule has 0 aliphatic heterocycles. The normalized spacial score (nSPS) is 16.4. The minimum Gasteiger partial charge on any atom is -0.491 e. The van der Waals surface area contributed by atoms with Crippen molar-refractivity contribution < 1.29 is 18.9 Å². The predicted octanol–water partition coefficient (Wildman–Crippen LogP) is 8.32. The maximum Gasteiger partial charge on any atom is 0.122 e. The first kappa shape index (κ1) is 27.1. The van der Waals surface area contributed by atoms with E-state index in [4.69, 9.17) is 18.9 Å². The van der Waals surface area contributed by atoms with Crippen molar-refractivity contribution in [1.29, 1.82) is 0 Å². The third-order valence-electron chi connectivity index (χ3n) is 6.01. The summed E-state index contributed by atoms with van der Waals surface area (Å²) in [5.41, 5.74) is 4.01. The number of benzene rings is 3. The molecule has 1 aliphatic carbocycles. The number of rotatable bonds is 12. The summed E-state index contributed by atoms with van der Waals surface area (Å²) in [5.74, 6) is 2.39. The minimum atomic E-state index is 0.156. The standard InChI is InChI=1S/C32H36N2O4/c1-25-5-3-4-6-29(14-7-25)35-21-22-37-31-17-10-27(11-18-31)33-34-28-12-19-32(20-13-28)38-24-23-36-30-15-8-26(2)9-16-30/h5,7-20,29H,3-4,6,21-24H2,1-2H3/b14-7-,25-5?,34-33?. The molecule has 0 saturated carbocycles. The molecule has 0 N–H and O–H groups in total. The lowest BCUT2D eigenvalue weighted by Crippen LogP contribution is -2.16. The van der Waals surface area contributed by atoms with Crippen LogP contribution in [-0.2, 0) is 4.74 Å². The fraction of sp³-hybridized carbons (Fsp3) is 0.312. The Morgan fingerprint density at radius 2 is 1.16 bits per heavy atom. The van der Waals surface area contributed by atoms with E-state index in [0.717, 1.165) is 47.9 Å². The van der Waals surface area contributed by atoms with E-state index in [1.165, 1.54) is 11.1 Å². The quantitative estimate of drug-likeness (QED) is 0.181. The molecule has 0 spiro atoms. The van der Waals surface area contributed by atoms with Crippen LogP contribution in [-0.4, -0.2) is 32.5 Å². The van der Waals surface area contributed by atoms with Gasteiger partial charge in [0, 0.05) is 0 Å². The molecule has 0 saturated heterocycles. The SMILES string of the molecule is CC1=CCCCC(OCCOc2ccc(N=Nc3ccc(OCCOc4ccc(C)cc4)cc3)cc2)/C=C\1. The lowest BCUT2D eigenvalue weighted by atomic mass is 10.1. The Labute approximate surface area is 225 Å². The van der Waals surface area contributed by atoms with E-state index >= 15 is 0 Å². The van der Waals surface area contributed by atoms with Crippen LogP contribution in [0.25, 0.3) is 0 Å². The van der Waals surface area contributed by atoms with Crippen molar-refractivity contribution in [2.75, 3.05) is 26.4 Å². The number of azo groups is 1. The van der Waals surface area contributed by atoms with Crippen molar-refractivity contribution in [1.82, 2.24) is 0 Å². The van der Waals surface area contributed by atoms with Crippen molar-refractivity contribution in [3.8, 4) is 17.2 Å². The number of hydrogen-bond donors (Lipinski definition) is 0. The average Bonchev–Trinajstić information content (AvgIpc) is 2.93. The first-order valence-corrected chi connectivity index (χ1v) is 13.2. The largest absolute Gasteiger partial charge is 0.491 e. The molecular formula is C32H36N2O4. The Morgan fingerprint density at radius 1 is 0.658 bits per heavy atom. The smallest absolute Gasteiger partial charge is 0.122 e. The molecule has 0 amide bonds. The molecule has 0 heterocycles. The van der Waals surface area contributed by atoms with Gasteiger partial charge in [-0.1, -0.05) is 41.5 Å². The van der Waals surface area contributed by atoms with Crippen molar-refractivity contribution in [2.45, 2.75) is 39.2 Å². The molecule has 3 aromatic rings. The molecule has 1 atom stereocenters. The summed E-state index contributed by atoms with van der Waals surface area (Å²) in [6.45, 7) is 6.18. The van der Waals surface area contributed by atoms with Crippen molar-refractivity contribution in [2.24, 2.45) is 10.2 Å². The molecule has 0 radical (unpaired) electrons. The molecule has 1 unspecified atom stereocenters. The van der Waals surface area contributed by atoms with Gasteiger partial charge in [0.25, 0.3) is 0 Å². The number of nitrogens with zero attached hydrogens (tertiary/aromatic N) is 2. The topological polar surface area (TPSA) is 61.6 Å². The Hall–Kier alpha value is -3.90. The monoisotopic (exact) mass is 512 g/mol. The lowest BCUT2D eigenvalue weighted by molar-refractivity contribution is 0.0549. The minimum absolute atomic E-state index is 0.156. The van der Waals surface area contributed by atoms with Crippen LogP contribution in [0, 0.1) is 6.92 Å². The van der Waals surface area contributed by atoms with Gasteiger partial charge in [0.05, 0.1) is 24.1 Å². The van der Waals surface area contributed by atoms with Crippen LogP contribution in [0.4, 0.5) is 11.4 Å². The van der Waals surface area contributed by atoms with Crippen LogP contribution < -0.4 is 14.2 Å². The third kappa shape index (κ3) is 9.52. The predicted molar refractivity (Wildman–Crippen MR) is 151 cm³/mol. The van der Waals surface area contributed by atoms with Gasteiger partial charge in [-0.15, -0.1) is 0 Å². The van der Waals surface area contributed by atoms with E-state index in [-0.39, 0.29) is 6.10 Å². The van der Waals surface area contributed by atoms with Crippen LogP contribution in [0.3, 0.4) is 0 Å². The summed E-state index contributed by atoms with van der Waals surface area (Å²) in [7, 11) is 0. The zero-order valence-corrected chi connectivity index (χ0v) is 22.2. The second kappa shape index (κ2) is 14.7. The number of hydrogen-bond acceptors (Lipinski definition) is 6. The molecule has 38 heavy (non-hydrogen) atoms. The molecule has 6 nitrogen and oxygen atoms in total. The summed E-state index contributed by atoms with van der Waals surface area (Å²) in [4.78, 5) is 0. The van der Waals surface area contributed by atoms with E-state index in [9.17, 15) is 0 Å².